The van der Waals surface area contributed by atoms with Gasteiger partial charge in [-0.05, 0) is 31.2 Å². The van der Waals surface area contributed by atoms with E-state index >= 15 is 0 Å². The van der Waals surface area contributed by atoms with E-state index in [1.807, 2.05) is 0 Å². The molecule has 140 valence electrons. The molecule has 0 saturated heterocycles. The summed E-state index contributed by atoms with van der Waals surface area (Å²) < 4.78 is 10.0. The first-order chi connectivity index (χ1) is 12.8. The Hall–Kier alpha value is -3.68. The van der Waals surface area contributed by atoms with E-state index in [1.54, 1.807) is 31.2 Å². The highest BCUT2D eigenvalue weighted by Crippen LogP contribution is 2.15. The molecule has 0 spiro atoms. The van der Waals surface area contributed by atoms with Gasteiger partial charge in [-0.3, -0.25) is 0 Å². The van der Waals surface area contributed by atoms with E-state index in [1.165, 1.54) is 24.3 Å². The number of carboxylic acids is 2. The standard InChI is InChI=1S/C11H10O4.C8H6O4/c1-7-6-14-10(12)8-4-2-3-5-9(8)11(13)15-7;9-7(10)5-3-1-2-4-6(5)8(11)12/h2-5,7H,6H2,1H3;1-4H,(H,9,10)(H,11,12). The Balaban J connectivity index is 0.000000199. The summed E-state index contributed by atoms with van der Waals surface area (Å²) in [5.41, 5.74) is 0.137. The zero-order chi connectivity index (χ0) is 20.0. The Morgan fingerprint density at radius 2 is 1.30 bits per heavy atom. The van der Waals surface area contributed by atoms with Crippen LogP contribution in [0, 0.1) is 0 Å². The largest absolute Gasteiger partial charge is 0.478 e. The summed E-state index contributed by atoms with van der Waals surface area (Å²) in [7, 11) is 0. The van der Waals surface area contributed by atoms with Gasteiger partial charge >= 0.3 is 23.9 Å². The van der Waals surface area contributed by atoms with Gasteiger partial charge < -0.3 is 19.7 Å². The number of benzene rings is 2. The number of esters is 2. The Morgan fingerprint density at radius 3 is 1.78 bits per heavy atom. The Morgan fingerprint density at radius 1 is 0.852 bits per heavy atom. The van der Waals surface area contributed by atoms with Crippen molar-refractivity contribution < 1.29 is 38.9 Å². The van der Waals surface area contributed by atoms with E-state index in [0.717, 1.165) is 0 Å². The SMILES string of the molecule is CC1COC(=O)c2ccccc2C(=O)O1.O=C(O)c1ccccc1C(=O)O. The van der Waals surface area contributed by atoms with Crippen LogP contribution in [0.3, 0.4) is 0 Å². The van der Waals surface area contributed by atoms with E-state index in [0.29, 0.717) is 0 Å². The summed E-state index contributed by atoms with van der Waals surface area (Å²) in [4.78, 5) is 44.0. The van der Waals surface area contributed by atoms with Gasteiger partial charge in [0.15, 0.2) is 0 Å². The lowest BCUT2D eigenvalue weighted by molar-refractivity contribution is 0.000550. The van der Waals surface area contributed by atoms with Gasteiger partial charge in [0, 0.05) is 0 Å². The number of hydrogen-bond acceptors (Lipinski definition) is 6. The maximum atomic E-state index is 11.6. The third kappa shape index (κ3) is 4.91. The summed E-state index contributed by atoms with van der Waals surface area (Å²) in [5.74, 6) is -3.41. The van der Waals surface area contributed by atoms with Crippen LogP contribution in [0.15, 0.2) is 48.5 Å². The molecule has 8 heteroatoms. The third-order valence-corrected chi connectivity index (χ3v) is 3.51. The summed E-state index contributed by atoms with van der Waals surface area (Å²) in [6.45, 7) is 1.78. The molecule has 1 aliphatic heterocycles. The maximum absolute atomic E-state index is 11.6. The van der Waals surface area contributed by atoms with Crippen molar-refractivity contribution in [2.45, 2.75) is 13.0 Å². The number of fused-ring (bicyclic) bond motifs is 1. The van der Waals surface area contributed by atoms with E-state index in [4.69, 9.17) is 19.7 Å². The van der Waals surface area contributed by atoms with Gasteiger partial charge in [0.25, 0.3) is 0 Å². The van der Waals surface area contributed by atoms with E-state index in [-0.39, 0.29) is 28.9 Å². The van der Waals surface area contributed by atoms with Gasteiger partial charge in [0.2, 0.25) is 0 Å². The van der Waals surface area contributed by atoms with Gasteiger partial charge in [-0.15, -0.1) is 0 Å². The van der Waals surface area contributed by atoms with Crippen molar-refractivity contribution in [1.29, 1.82) is 0 Å². The fourth-order valence-electron chi connectivity index (χ4n) is 2.25. The Bertz CT molecular complexity index is 854. The predicted octanol–water partition coefficient (Wildman–Crippen LogP) is 2.49. The first-order valence-electron chi connectivity index (χ1n) is 7.84. The summed E-state index contributed by atoms with van der Waals surface area (Å²) >= 11 is 0. The topological polar surface area (TPSA) is 127 Å². The molecule has 0 radical (unpaired) electrons. The number of rotatable bonds is 2. The zero-order valence-electron chi connectivity index (χ0n) is 14.2. The molecule has 1 unspecified atom stereocenters. The van der Waals surface area contributed by atoms with E-state index in [2.05, 4.69) is 0 Å². The normalized spacial score (nSPS) is 15.7. The van der Waals surface area contributed by atoms with Gasteiger partial charge in [-0.25, -0.2) is 19.2 Å². The second-order valence-corrected chi connectivity index (χ2v) is 5.52. The van der Waals surface area contributed by atoms with Crippen molar-refractivity contribution in [2.24, 2.45) is 0 Å². The van der Waals surface area contributed by atoms with Crippen LogP contribution >= 0.6 is 0 Å². The van der Waals surface area contributed by atoms with Crippen LogP contribution in [0.5, 0.6) is 0 Å². The molecule has 1 aliphatic rings. The van der Waals surface area contributed by atoms with Crippen LogP contribution in [0.1, 0.15) is 48.4 Å². The summed E-state index contributed by atoms with van der Waals surface area (Å²) in [6, 6.07) is 11.9. The van der Waals surface area contributed by atoms with Crippen molar-refractivity contribution in [3.05, 3.63) is 70.8 Å². The van der Waals surface area contributed by atoms with Crippen molar-refractivity contribution in [3.8, 4) is 0 Å². The summed E-state index contributed by atoms with van der Waals surface area (Å²) in [5, 5.41) is 17.1. The van der Waals surface area contributed by atoms with E-state index in [9.17, 15) is 19.2 Å². The Labute approximate surface area is 154 Å². The van der Waals surface area contributed by atoms with Crippen LogP contribution < -0.4 is 0 Å². The monoisotopic (exact) mass is 372 g/mol. The van der Waals surface area contributed by atoms with Crippen LogP contribution in [0.2, 0.25) is 0 Å². The molecule has 0 aromatic heterocycles. The van der Waals surface area contributed by atoms with Crippen molar-refractivity contribution >= 4 is 23.9 Å². The first-order valence-corrected chi connectivity index (χ1v) is 7.84. The van der Waals surface area contributed by atoms with Crippen LogP contribution in [-0.4, -0.2) is 46.8 Å². The second kappa shape index (κ2) is 8.61. The van der Waals surface area contributed by atoms with Gasteiger partial charge in [-0.2, -0.15) is 0 Å². The molecule has 27 heavy (non-hydrogen) atoms. The number of carboxylic acid groups (broad SMARTS) is 2. The molecular weight excluding hydrogens is 356 g/mol. The molecule has 0 aliphatic carbocycles. The first kappa shape index (κ1) is 19.6. The van der Waals surface area contributed by atoms with Crippen molar-refractivity contribution in [1.82, 2.24) is 0 Å². The minimum Gasteiger partial charge on any atom is -0.478 e. The second-order valence-electron chi connectivity index (χ2n) is 5.52. The third-order valence-electron chi connectivity index (χ3n) is 3.51. The zero-order valence-corrected chi connectivity index (χ0v) is 14.2. The fraction of sp³-hybridized carbons (Fsp3) is 0.158. The molecule has 8 nitrogen and oxygen atoms in total. The number of cyclic esters (lactones) is 2. The average Bonchev–Trinajstić information content (AvgIpc) is 2.65. The van der Waals surface area contributed by atoms with Crippen LogP contribution in [0.4, 0.5) is 0 Å². The lowest BCUT2D eigenvalue weighted by Crippen LogP contribution is -2.27. The molecule has 1 heterocycles. The smallest absolute Gasteiger partial charge is 0.339 e. The minimum atomic E-state index is -1.23. The van der Waals surface area contributed by atoms with Crippen LogP contribution in [-0.2, 0) is 9.47 Å². The number of hydrogen-bond donors (Lipinski definition) is 2. The molecule has 0 saturated carbocycles. The molecule has 2 aromatic carbocycles. The highest BCUT2D eigenvalue weighted by atomic mass is 16.6. The molecule has 0 fully saturated rings. The van der Waals surface area contributed by atoms with Gasteiger partial charge in [-0.1, -0.05) is 24.3 Å². The molecule has 3 rings (SSSR count). The summed E-state index contributed by atoms with van der Waals surface area (Å²) in [6.07, 6.45) is -0.408. The fourth-order valence-corrected chi connectivity index (χ4v) is 2.25. The van der Waals surface area contributed by atoms with Gasteiger partial charge in [0.1, 0.15) is 12.7 Å². The molecule has 0 bridgehead atoms. The van der Waals surface area contributed by atoms with E-state index < -0.39 is 30.0 Å². The average molecular weight is 372 g/mol. The maximum Gasteiger partial charge on any atom is 0.339 e. The highest BCUT2D eigenvalue weighted by molar-refractivity contribution is 6.03. The quantitative estimate of drug-likeness (QED) is 0.770. The lowest BCUT2D eigenvalue weighted by Gasteiger charge is -2.18. The number of carbonyl (C=O) groups excluding carboxylic acids is 2. The van der Waals surface area contributed by atoms with Crippen molar-refractivity contribution in [2.75, 3.05) is 6.61 Å². The molecule has 1 atom stereocenters. The van der Waals surface area contributed by atoms with Gasteiger partial charge in [0.05, 0.1) is 22.3 Å². The van der Waals surface area contributed by atoms with Crippen molar-refractivity contribution in [3.63, 3.8) is 0 Å². The highest BCUT2D eigenvalue weighted by Gasteiger charge is 2.24. The minimum absolute atomic E-state index is 0.0961. The predicted molar refractivity (Wildman–Crippen MR) is 92.0 cm³/mol. The van der Waals surface area contributed by atoms with Crippen LogP contribution in [0.25, 0.3) is 0 Å². The molecular formula is C19H16O8. The number of aromatic carboxylic acids is 2. The molecule has 2 aromatic rings. The Kier molecular flexibility index (Phi) is 6.27. The molecule has 0 amide bonds. The lowest BCUT2D eigenvalue weighted by atomic mass is 10.1. The molecule has 2 N–H and O–H groups in total. The number of ether oxygens (including phenoxy) is 2. The number of carbonyl (C=O) groups is 4.